The van der Waals surface area contributed by atoms with Gasteiger partial charge in [0, 0.05) is 32.2 Å². The summed E-state index contributed by atoms with van der Waals surface area (Å²) in [5.74, 6) is -0.0410. The Labute approximate surface area is 188 Å². The van der Waals surface area contributed by atoms with E-state index in [1.807, 2.05) is 69.6 Å². The van der Waals surface area contributed by atoms with Crippen LogP contribution in [0.25, 0.3) is 11.0 Å². The van der Waals surface area contributed by atoms with Gasteiger partial charge in [0.15, 0.2) is 0 Å². The number of carbonyl (C=O) groups is 2. The molecule has 0 aliphatic carbocycles. The lowest BCUT2D eigenvalue weighted by Gasteiger charge is -2.27. The van der Waals surface area contributed by atoms with Gasteiger partial charge in [-0.3, -0.25) is 4.79 Å². The third-order valence-corrected chi connectivity index (χ3v) is 5.76. The van der Waals surface area contributed by atoms with Crippen molar-refractivity contribution < 1.29 is 14.3 Å². The van der Waals surface area contributed by atoms with Gasteiger partial charge in [0.05, 0.1) is 23.4 Å². The molecule has 1 saturated heterocycles. The molecule has 0 spiro atoms. The molecule has 7 nitrogen and oxygen atoms in total. The van der Waals surface area contributed by atoms with Gasteiger partial charge >= 0.3 is 6.09 Å². The van der Waals surface area contributed by atoms with Crippen molar-refractivity contribution in [1.82, 2.24) is 19.4 Å². The Kier molecular flexibility index (Phi) is 5.91. The van der Waals surface area contributed by atoms with Gasteiger partial charge in [-0.1, -0.05) is 24.3 Å². The fraction of sp³-hybridized carbons (Fsp3) is 0.400. The van der Waals surface area contributed by atoms with Crippen LogP contribution in [0.2, 0.25) is 0 Å². The molecule has 7 heteroatoms. The van der Waals surface area contributed by atoms with Crippen LogP contribution in [0.3, 0.4) is 0 Å². The molecule has 3 aromatic rings. The van der Waals surface area contributed by atoms with Crippen molar-refractivity contribution in [2.45, 2.75) is 45.4 Å². The van der Waals surface area contributed by atoms with E-state index in [2.05, 4.69) is 15.6 Å². The third kappa shape index (κ3) is 4.77. The standard InChI is InChI=1S/C25H30N4O3/c1-25(2,3)32-24(31)28-14-13-20(16-28)27(4)23(30)19-11-9-18(10-12-19)15-29-17-26-21-7-5-6-8-22(21)29/h5-12,17,20H,13-16H2,1-4H3/t20-/m1/s1. The van der Waals surface area contributed by atoms with Crippen molar-refractivity contribution >= 4 is 23.0 Å². The number of benzene rings is 2. The summed E-state index contributed by atoms with van der Waals surface area (Å²) >= 11 is 0. The van der Waals surface area contributed by atoms with Gasteiger partial charge in [-0.25, -0.2) is 9.78 Å². The topological polar surface area (TPSA) is 67.7 Å². The molecule has 2 aromatic carbocycles. The number of nitrogens with zero attached hydrogens (tertiary/aromatic N) is 4. The van der Waals surface area contributed by atoms with Gasteiger partial charge in [0.2, 0.25) is 0 Å². The van der Waals surface area contributed by atoms with Gasteiger partial charge in [-0.2, -0.15) is 0 Å². The second-order valence-corrected chi connectivity index (χ2v) is 9.34. The van der Waals surface area contributed by atoms with Crippen molar-refractivity contribution in [1.29, 1.82) is 0 Å². The summed E-state index contributed by atoms with van der Waals surface area (Å²) in [6.07, 6.45) is 2.26. The van der Waals surface area contributed by atoms with E-state index in [4.69, 9.17) is 4.74 Å². The maximum atomic E-state index is 13.0. The van der Waals surface area contributed by atoms with E-state index in [1.54, 1.807) is 16.8 Å². The van der Waals surface area contributed by atoms with E-state index in [0.717, 1.165) is 23.0 Å². The van der Waals surface area contributed by atoms with Gasteiger partial charge in [-0.05, 0) is 57.0 Å². The Hall–Kier alpha value is -3.35. The molecule has 1 aliphatic heterocycles. The molecule has 0 unspecified atom stereocenters. The first-order chi connectivity index (χ1) is 15.2. The molecule has 168 valence electrons. The highest BCUT2D eigenvalue weighted by atomic mass is 16.6. The summed E-state index contributed by atoms with van der Waals surface area (Å²) in [7, 11) is 1.80. The number of fused-ring (bicyclic) bond motifs is 1. The molecule has 1 fully saturated rings. The number of aromatic nitrogens is 2. The number of carbonyl (C=O) groups excluding carboxylic acids is 2. The first-order valence-corrected chi connectivity index (χ1v) is 11.0. The smallest absolute Gasteiger partial charge is 0.410 e. The summed E-state index contributed by atoms with van der Waals surface area (Å²) in [6, 6.07) is 15.7. The second-order valence-electron chi connectivity index (χ2n) is 9.34. The second kappa shape index (κ2) is 8.65. The van der Waals surface area contributed by atoms with E-state index in [-0.39, 0.29) is 18.0 Å². The predicted octanol–water partition coefficient (Wildman–Crippen LogP) is 4.17. The molecule has 0 bridgehead atoms. The minimum Gasteiger partial charge on any atom is -0.444 e. The van der Waals surface area contributed by atoms with Crippen molar-refractivity contribution in [2.24, 2.45) is 0 Å². The van der Waals surface area contributed by atoms with Crippen LogP contribution in [0.5, 0.6) is 0 Å². The molecule has 0 N–H and O–H groups in total. The SMILES string of the molecule is CN(C(=O)c1ccc(Cn2cnc3ccccc32)cc1)[C@@H]1CCN(C(=O)OC(C)(C)C)C1. The zero-order valence-electron chi connectivity index (χ0n) is 19.1. The lowest BCUT2D eigenvalue weighted by atomic mass is 10.1. The maximum Gasteiger partial charge on any atom is 0.410 e. The normalized spacial score (nSPS) is 16.4. The number of imidazole rings is 1. The third-order valence-electron chi connectivity index (χ3n) is 5.76. The van der Waals surface area contributed by atoms with Crippen molar-refractivity contribution in [3.8, 4) is 0 Å². The van der Waals surface area contributed by atoms with Crippen molar-refractivity contribution in [3.05, 3.63) is 66.0 Å². The van der Waals surface area contributed by atoms with Crippen LogP contribution < -0.4 is 0 Å². The zero-order chi connectivity index (χ0) is 22.9. The number of para-hydroxylation sites is 2. The Morgan fingerprint density at radius 1 is 1.12 bits per heavy atom. The van der Waals surface area contributed by atoms with Crippen LogP contribution in [0.1, 0.15) is 43.1 Å². The predicted molar refractivity (Wildman–Crippen MR) is 124 cm³/mol. The van der Waals surface area contributed by atoms with Gasteiger partial charge < -0.3 is 19.1 Å². The highest BCUT2D eigenvalue weighted by Gasteiger charge is 2.33. The highest BCUT2D eigenvalue weighted by Crippen LogP contribution is 2.20. The zero-order valence-corrected chi connectivity index (χ0v) is 19.1. The molecule has 2 amide bonds. The van der Waals surface area contributed by atoms with Crippen molar-refractivity contribution in [2.75, 3.05) is 20.1 Å². The van der Waals surface area contributed by atoms with E-state index >= 15 is 0 Å². The Balaban J connectivity index is 1.38. The first kappa shape index (κ1) is 21.9. The molecular weight excluding hydrogens is 404 g/mol. The van der Waals surface area contributed by atoms with Crippen LogP contribution in [0.15, 0.2) is 54.9 Å². The number of rotatable bonds is 4. The van der Waals surface area contributed by atoms with E-state index in [0.29, 0.717) is 25.2 Å². The average Bonchev–Trinajstić information content (AvgIpc) is 3.40. The molecule has 0 saturated carbocycles. The first-order valence-electron chi connectivity index (χ1n) is 11.0. The minimum atomic E-state index is -0.526. The molecule has 32 heavy (non-hydrogen) atoms. The summed E-state index contributed by atoms with van der Waals surface area (Å²) in [5, 5.41) is 0. The number of likely N-dealkylation sites (N-methyl/N-ethyl adjacent to an activating group) is 1. The van der Waals surface area contributed by atoms with Gasteiger partial charge in [0.1, 0.15) is 5.60 Å². The molecule has 1 atom stereocenters. The molecule has 2 heterocycles. The molecule has 1 aromatic heterocycles. The number of hydrogen-bond acceptors (Lipinski definition) is 4. The Morgan fingerprint density at radius 2 is 1.84 bits per heavy atom. The summed E-state index contributed by atoms with van der Waals surface area (Å²) in [6.45, 7) is 7.34. The summed E-state index contributed by atoms with van der Waals surface area (Å²) in [5.41, 5.74) is 3.27. The Bertz CT molecular complexity index is 1110. The molecule has 0 radical (unpaired) electrons. The van der Waals surface area contributed by atoms with Crippen LogP contribution >= 0.6 is 0 Å². The van der Waals surface area contributed by atoms with Gasteiger partial charge in [0.25, 0.3) is 5.91 Å². The quantitative estimate of drug-likeness (QED) is 0.618. The fourth-order valence-electron chi connectivity index (χ4n) is 4.01. The highest BCUT2D eigenvalue weighted by molar-refractivity contribution is 5.94. The molecule has 4 rings (SSSR count). The lowest BCUT2D eigenvalue weighted by molar-refractivity contribution is 0.0279. The Morgan fingerprint density at radius 3 is 2.56 bits per heavy atom. The molecular formula is C25H30N4O3. The van der Waals surface area contributed by atoms with E-state index in [1.165, 1.54) is 0 Å². The van der Waals surface area contributed by atoms with Crippen molar-refractivity contribution in [3.63, 3.8) is 0 Å². The minimum absolute atomic E-state index is 0.0213. The van der Waals surface area contributed by atoms with Gasteiger partial charge in [-0.15, -0.1) is 0 Å². The van der Waals surface area contributed by atoms with Crippen LogP contribution in [0.4, 0.5) is 4.79 Å². The molecule has 1 aliphatic rings. The van der Waals surface area contributed by atoms with E-state index < -0.39 is 5.60 Å². The number of amides is 2. The number of likely N-dealkylation sites (tertiary alicyclic amines) is 1. The number of hydrogen-bond donors (Lipinski definition) is 0. The maximum absolute atomic E-state index is 13.0. The summed E-state index contributed by atoms with van der Waals surface area (Å²) in [4.78, 5) is 33.2. The van der Waals surface area contributed by atoms with E-state index in [9.17, 15) is 9.59 Å². The fourth-order valence-corrected chi connectivity index (χ4v) is 4.01. The average molecular weight is 435 g/mol. The lowest BCUT2D eigenvalue weighted by Crippen LogP contribution is -2.41. The van der Waals surface area contributed by atoms with Crippen LogP contribution in [-0.2, 0) is 11.3 Å². The largest absolute Gasteiger partial charge is 0.444 e. The number of ether oxygens (including phenoxy) is 1. The summed E-state index contributed by atoms with van der Waals surface area (Å²) < 4.78 is 7.55. The van der Waals surface area contributed by atoms with Crippen LogP contribution in [-0.4, -0.2) is 63.1 Å². The van der Waals surface area contributed by atoms with Crippen LogP contribution in [0, 0.1) is 0 Å². The monoisotopic (exact) mass is 434 g/mol.